The van der Waals surface area contributed by atoms with Crippen LogP contribution in [0.4, 0.5) is 5.69 Å². The molecule has 5 rings (SSSR count). The van der Waals surface area contributed by atoms with Crippen molar-refractivity contribution in [3.8, 4) is 0 Å². The number of hydrogen-bond donors (Lipinski definition) is 1. The van der Waals surface area contributed by atoms with Crippen molar-refractivity contribution in [2.24, 2.45) is 4.99 Å². The summed E-state index contributed by atoms with van der Waals surface area (Å²) in [5, 5.41) is 6.53. The van der Waals surface area contributed by atoms with Gasteiger partial charge in [-0.3, -0.25) is 4.79 Å². The number of hydrogen-bond acceptors (Lipinski definition) is 3. The number of thioether (sulfide) groups is 1. The van der Waals surface area contributed by atoms with Gasteiger partial charge in [-0.1, -0.05) is 35.9 Å². The van der Waals surface area contributed by atoms with E-state index < -0.39 is 0 Å². The third-order valence-electron chi connectivity index (χ3n) is 5.44. The van der Waals surface area contributed by atoms with Gasteiger partial charge in [0.15, 0.2) is 5.17 Å². The summed E-state index contributed by atoms with van der Waals surface area (Å²) in [5.41, 5.74) is 5.18. The number of rotatable bonds is 3. The maximum absolute atomic E-state index is 12.5. The molecule has 0 saturated carbocycles. The summed E-state index contributed by atoms with van der Waals surface area (Å²) in [5.74, 6) is -0.133. The second-order valence-corrected chi connectivity index (χ2v) is 8.92. The Bertz CT molecular complexity index is 1420. The van der Waals surface area contributed by atoms with Crippen LogP contribution in [0.25, 0.3) is 27.9 Å². The maximum atomic E-state index is 12.5. The smallest absolute Gasteiger partial charge is 0.264 e. The number of carbonyl (C=O) groups excluding carboxylic acids is 1. The fourth-order valence-corrected chi connectivity index (χ4v) is 5.05. The van der Waals surface area contributed by atoms with Crippen molar-refractivity contribution in [2.75, 3.05) is 0 Å². The third kappa shape index (κ3) is 3.64. The number of aromatic nitrogens is 1. The molecule has 31 heavy (non-hydrogen) atoms. The predicted molar refractivity (Wildman–Crippen MR) is 132 cm³/mol. The first-order valence-corrected chi connectivity index (χ1v) is 11.3. The summed E-state index contributed by atoms with van der Waals surface area (Å²) in [7, 11) is 0. The third-order valence-corrected chi connectivity index (χ3v) is 6.59. The van der Waals surface area contributed by atoms with E-state index in [0.717, 1.165) is 23.4 Å². The molecule has 0 bridgehead atoms. The Kier molecular flexibility index (Phi) is 5.08. The lowest BCUT2D eigenvalue weighted by molar-refractivity contribution is -0.115. The first-order valence-electron chi connectivity index (χ1n) is 10.1. The van der Waals surface area contributed by atoms with Crippen molar-refractivity contribution in [3.05, 3.63) is 81.7 Å². The highest BCUT2D eigenvalue weighted by molar-refractivity contribution is 8.18. The molecule has 0 atom stereocenters. The summed E-state index contributed by atoms with van der Waals surface area (Å²) in [6, 6.07) is 20.3. The second kappa shape index (κ2) is 7.91. The lowest BCUT2D eigenvalue weighted by atomic mass is 10.1. The van der Waals surface area contributed by atoms with Crippen LogP contribution in [0, 0.1) is 6.92 Å². The maximum Gasteiger partial charge on any atom is 0.264 e. The van der Waals surface area contributed by atoms with Gasteiger partial charge < -0.3 is 9.88 Å². The number of benzene rings is 3. The Hall–Kier alpha value is -3.02. The molecule has 1 saturated heterocycles. The fourth-order valence-electron chi connectivity index (χ4n) is 3.99. The molecule has 1 aromatic heterocycles. The van der Waals surface area contributed by atoms with Gasteiger partial charge in [0, 0.05) is 33.4 Å². The Balaban J connectivity index is 1.51. The normalized spacial score (nSPS) is 16.7. The van der Waals surface area contributed by atoms with Gasteiger partial charge in [-0.05, 0) is 79.2 Å². The van der Waals surface area contributed by atoms with Crippen molar-refractivity contribution >= 4 is 68.0 Å². The molecule has 4 nitrogen and oxygen atoms in total. The number of fused-ring (bicyclic) bond motifs is 3. The summed E-state index contributed by atoms with van der Waals surface area (Å²) in [6.07, 6.45) is 1.93. The van der Waals surface area contributed by atoms with Crippen LogP contribution in [-0.2, 0) is 11.3 Å². The van der Waals surface area contributed by atoms with Crippen molar-refractivity contribution in [3.63, 3.8) is 0 Å². The highest BCUT2D eigenvalue weighted by Crippen LogP contribution is 2.33. The molecule has 1 amide bonds. The largest absolute Gasteiger partial charge is 0.341 e. The number of amidine groups is 1. The van der Waals surface area contributed by atoms with Crippen LogP contribution in [-0.4, -0.2) is 15.6 Å². The number of halogens is 1. The van der Waals surface area contributed by atoms with Gasteiger partial charge in [0.25, 0.3) is 5.91 Å². The molecule has 4 aromatic rings. The first-order chi connectivity index (χ1) is 15.0. The Morgan fingerprint density at radius 3 is 2.68 bits per heavy atom. The van der Waals surface area contributed by atoms with Crippen LogP contribution >= 0.6 is 23.4 Å². The minimum Gasteiger partial charge on any atom is -0.341 e. The molecule has 1 N–H and O–H groups in total. The highest BCUT2D eigenvalue weighted by atomic mass is 35.5. The second-order valence-electron chi connectivity index (χ2n) is 7.45. The van der Waals surface area contributed by atoms with Crippen molar-refractivity contribution in [1.29, 1.82) is 0 Å². The number of para-hydroxylation sites is 1. The molecule has 0 aliphatic carbocycles. The fraction of sp³-hybridized carbons (Fsp3) is 0.120. The quantitative estimate of drug-likeness (QED) is 0.358. The van der Waals surface area contributed by atoms with E-state index in [-0.39, 0.29) is 5.91 Å². The van der Waals surface area contributed by atoms with Gasteiger partial charge in [-0.25, -0.2) is 4.99 Å². The zero-order valence-corrected chi connectivity index (χ0v) is 18.7. The van der Waals surface area contributed by atoms with Crippen LogP contribution in [0.15, 0.2) is 70.6 Å². The minimum absolute atomic E-state index is 0.133. The van der Waals surface area contributed by atoms with E-state index in [9.17, 15) is 4.79 Å². The lowest BCUT2D eigenvalue weighted by Crippen LogP contribution is -2.19. The number of nitrogens with one attached hydrogen (secondary N) is 1. The van der Waals surface area contributed by atoms with E-state index in [4.69, 9.17) is 11.6 Å². The number of aliphatic imine (C=N–C) groups is 1. The molecule has 0 spiro atoms. The molecule has 0 unspecified atom stereocenters. The predicted octanol–water partition coefficient (Wildman–Crippen LogP) is 6.67. The van der Waals surface area contributed by atoms with E-state index in [0.29, 0.717) is 15.1 Å². The average Bonchev–Trinajstić information content (AvgIpc) is 3.26. The number of nitrogens with zero attached hydrogens (tertiary/aromatic N) is 2. The standard InChI is InChI=1S/C25H20ClN3OS/c1-3-29-21-7-5-4-6-18(21)19-13-16(8-11-22(19)29)14-23-24(30)28-25(31-23)27-20-10-9-17(26)12-15(20)2/h4-14H,3H2,1-2H3,(H,27,28,30)/b23-14-. The van der Waals surface area contributed by atoms with Crippen LogP contribution in [0.3, 0.4) is 0 Å². The van der Waals surface area contributed by atoms with Crippen LogP contribution in [0.1, 0.15) is 18.1 Å². The topological polar surface area (TPSA) is 46.4 Å². The van der Waals surface area contributed by atoms with E-state index in [2.05, 4.69) is 64.3 Å². The lowest BCUT2D eigenvalue weighted by Gasteiger charge is -2.03. The SMILES string of the molecule is CCn1c2ccccc2c2cc(/C=C3\SC(=Nc4ccc(Cl)cc4C)NC3=O)ccc21. The van der Waals surface area contributed by atoms with Gasteiger partial charge in [0.05, 0.1) is 10.6 Å². The number of amides is 1. The molecular formula is C25H20ClN3OS. The van der Waals surface area contributed by atoms with E-state index in [1.54, 1.807) is 6.07 Å². The molecule has 1 aliphatic heterocycles. The summed E-state index contributed by atoms with van der Waals surface area (Å²) >= 11 is 7.38. The molecule has 1 aliphatic rings. The molecule has 3 aromatic carbocycles. The highest BCUT2D eigenvalue weighted by Gasteiger charge is 2.24. The molecule has 0 radical (unpaired) electrons. The van der Waals surface area contributed by atoms with Gasteiger partial charge in [-0.15, -0.1) is 0 Å². The van der Waals surface area contributed by atoms with E-state index in [1.165, 1.54) is 33.6 Å². The zero-order valence-electron chi connectivity index (χ0n) is 17.1. The monoisotopic (exact) mass is 445 g/mol. The van der Waals surface area contributed by atoms with Crippen molar-refractivity contribution in [1.82, 2.24) is 9.88 Å². The van der Waals surface area contributed by atoms with Crippen LogP contribution in [0.5, 0.6) is 0 Å². The first kappa shape index (κ1) is 19.9. The molecule has 1 fully saturated rings. The average molecular weight is 446 g/mol. The molecule has 154 valence electrons. The molecule has 6 heteroatoms. The van der Waals surface area contributed by atoms with Crippen molar-refractivity contribution in [2.45, 2.75) is 20.4 Å². The Morgan fingerprint density at radius 1 is 1.06 bits per heavy atom. The van der Waals surface area contributed by atoms with Gasteiger partial charge >= 0.3 is 0 Å². The zero-order chi connectivity index (χ0) is 21.5. The summed E-state index contributed by atoms with van der Waals surface area (Å²) in [6.45, 7) is 5.02. The Labute approximate surface area is 189 Å². The molecular weight excluding hydrogens is 426 g/mol. The van der Waals surface area contributed by atoms with Crippen molar-refractivity contribution < 1.29 is 4.79 Å². The number of carbonyl (C=O) groups is 1. The number of aryl methyl sites for hydroxylation is 2. The Morgan fingerprint density at radius 2 is 1.87 bits per heavy atom. The summed E-state index contributed by atoms with van der Waals surface area (Å²) < 4.78 is 2.32. The van der Waals surface area contributed by atoms with E-state index in [1.807, 2.05) is 25.1 Å². The van der Waals surface area contributed by atoms with Crippen LogP contribution < -0.4 is 5.32 Å². The minimum atomic E-state index is -0.133. The van der Waals surface area contributed by atoms with Gasteiger partial charge in [-0.2, -0.15) is 0 Å². The van der Waals surface area contributed by atoms with Gasteiger partial charge in [0.1, 0.15) is 0 Å². The molecule has 2 heterocycles. The van der Waals surface area contributed by atoms with Crippen LogP contribution in [0.2, 0.25) is 5.02 Å². The van der Waals surface area contributed by atoms with Gasteiger partial charge in [0.2, 0.25) is 0 Å². The summed E-state index contributed by atoms with van der Waals surface area (Å²) in [4.78, 5) is 17.8. The van der Waals surface area contributed by atoms with E-state index >= 15 is 0 Å².